The first-order chi connectivity index (χ1) is 11.6. The molecular weight excluding hydrogens is 376 g/mol. The zero-order valence-corrected chi connectivity index (χ0v) is 14.5. The maximum absolute atomic E-state index is 12.3. The van der Waals surface area contributed by atoms with Crippen LogP contribution in [-0.2, 0) is 5.75 Å². The van der Waals surface area contributed by atoms with Crippen LogP contribution in [0.4, 0.5) is 8.78 Å². The number of aromatic amines is 1. The fraction of sp³-hybridized carbons (Fsp3) is 0.200. The Morgan fingerprint density at radius 2 is 2.12 bits per heavy atom. The molecule has 0 unspecified atom stereocenters. The van der Waals surface area contributed by atoms with Gasteiger partial charge in [0.2, 0.25) is 0 Å². The lowest BCUT2D eigenvalue weighted by Crippen LogP contribution is -2.01. The highest BCUT2D eigenvalue weighted by atomic mass is 35.5. The molecule has 6 nitrogen and oxygen atoms in total. The lowest BCUT2D eigenvalue weighted by Gasteiger charge is -2.07. The molecule has 0 spiro atoms. The molecule has 0 amide bonds. The van der Waals surface area contributed by atoms with Gasteiger partial charge in [0.05, 0.1) is 28.9 Å². The predicted molar refractivity (Wildman–Crippen MR) is 91.7 cm³/mol. The van der Waals surface area contributed by atoms with E-state index in [9.17, 15) is 8.78 Å². The van der Waals surface area contributed by atoms with Crippen molar-refractivity contribution >= 4 is 34.4 Å². The zero-order valence-electron chi connectivity index (χ0n) is 12.9. The van der Waals surface area contributed by atoms with E-state index < -0.39 is 6.61 Å². The van der Waals surface area contributed by atoms with Crippen molar-refractivity contribution in [2.75, 3.05) is 7.11 Å². The van der Waals surface area contributed by atoms with Gasteiger partial charge in [-0.3, -0.25) is 4.98 Å². The van der Waals surface area contributed by atoms with Crippen LogP contribution in [0.3, 0.4) is 0 Å². The van der Waals surface area contributed by atoms with Crippen LogP contribution in [0.25, 0.3) is 11.0 Å². The standard InChI is InChI=1S/C15H12ClF2N3O2S.H2O/c1-22-13-9(16)4-5-19-12(13)7-24-15-20-10-3-2-8(23-14(17)18)6-11(10)21-15;/h2-6,14H,7H2,1H3,(H,20,21);1H2. The van der Waals surface area contributed by atoms with Crippen LogP contribution in [0.2, 0.25) is 5.02 Å². The second-order valence-corrected chi connectivity index (χ2v) is 6.03. The number of thioether (sulfide) groups is 1. The number of hydrogen-bond acceptors (Lipinski definition) is 5. The van der Waals surface area contributed by atoms with Gasteiger partial charge in [0.1, 0.15) is 5.75 Å². The Labute approximate surface area is 150 Å². The Hall–Kier alpha value is -2.10. The summed E-state index contributed by atoms with van der Waals surface area (Å²) in [5.41, 5.74) is 1.96. The molecule has 3 N–H and O–H groups in total. The molecule has 10 heteroatoms. The molecule has 0 fully saturated rings. The minimum atomic E-state index is -2.86. The lowest BCUT2D eigenvalue weighted by molar-refractivity contribution is -0.0497. The SMILES string of the molecule is COc1c(Cl)ccnc1CSc1nc2ccc(OC(F)F)cc2[nH]1.O. The molecule has 0 saturated carbocycles. The van der Waals surface area contributed by atoms with Crippen molar-refractivity contribution < 1.29 is 23.7 Å². The molecule has 134 valence electrons. The molecular formula is C15H14ClF2N3O3S. The van der Waals surface area contributed by atoms with E-state index in [0.29, 0.717) is 38.4 Å². The highest BCUT2D eigenvalue weighted by Crippen LogP contribution is 2.31. The second kappa shape index (κ2) is 8.32. The number of H-pyrrole nitrogens is 1. The van der Waals surface area contributed by atoms with E-state index in [4.69, 9.17) is 16.3 Å². The summed E-state index contributed by atoms with van der Waals surface area (Å²) < 4.78 is 34.1. The molecule has 3 aromatic rings. The number of benzene rings is 1. The zero-order chi connectivity index (χ0) is 17.1. The third-order valence-electron chi connectivity index (χ3n) is 3.14. The number of fused-ring (bicyclic) bond motifs is 1. The maximum Gasteiger partial charge on any atom is 0.387 e. The summed E-state index contributed by atoms with van der Waals surface area (Å²) in [4.78, 5) is 11.7. The first-order valence-corrected chi connectivity index (χ1v) is 8.18. The monoisotopic (exact) mass is 389 g/mol. The van der Waals surface area contributed by atoms with E-state index in [-0.39, 0.29) is 11.2 Å². The van der Waals surface area contributed by atoms with Crippen molar-refractivity contribution in [3.05, 3.63) is 41.2 Å². The average molecular weight is 390 g/mol. The molecule has 0 aliphatic carbocycles. The Kier molecular flexibility index (Phi) is 6.40. The molecule has 2 heterocycles. The summed E-state index contributed by atoms with van der Waals surface area (Å²) in [5, 5.41) is 1.12. The number of nitrogens with one attached hydrogen (secondary N) is 1. The normalized spacial score (nSPS) is 10.8. The van der Waals surface area contributed by atoms with Gasteiger partial charge in [-0.25, -0.2) is 4.98 Å². The average Bonchev–Trinajstić information content (AvgIpc) is 2.94. The van der Waals surface area contributed by atoms with Gasteiger partial charge in [0, 0.05) is 18.0 Å². The smallest absolute Gasteiger partial charge is 0.387 e. The van der Waals surface area contributed by atoms with Gasteiger partial charge in [-0.1, -0.05) is 23.4 Å². The number of halogens is 3. The quantitative estimate of drug-likeness (QED) is 0.649. The Morgan fingerprint density at radius 3 is 2.84 bits per heavy atom. The molecule has 25 heavy (non-hydrogen) atoms. The fourth-order valence-corrected chi connectivity index (χ4v) is 3.20. The van der Waals surface area contributed by atoms with E-state index >= 15 is 0 Å². The summed E-state index contributed by atoms with van der Waals surface area (Å²) in [7, 11) is 1.53. The van der Waals surface area contributed by atoms with E-state index in [1.165, 1.54) is 31.0 Å². The number of methoxy groups -OCH3 is 1. The lowest BCUT2D eigenvalue weighted by atomic mass is 10.3. The first-order valence-electron chi connectivity index (χ1n) is 6.81. The molecule has 0 saturated heterocycles. The summed E-state index contributed by atoms with van der Waals surface area (Å²) in [6, 6.07) is 6.20. The van der Waals surface area contributed by atoms with Crippen molar-refractivity contribution in [3.8, 4) is 11.5 Å². The molecule has 1 aromatic carbocycles. The van der Waals surface area contributed by atoms with E-state index in [1.54, 1.807) is 18.3 Å². The highest BCUT2D eigenvalue weighted by molar-refractivity contribution is 7.98. The van der Waals surface area contributed by atoms with Crippen molar-refractivity contribution in [1.29, 1.82) is 0 Å². The van der Waals surface area contributed by atoms with E-state index in [1.807, 2.05) is 0 Å². The van der Waals surface area contributed by atoms with Crippen LogP contribution in [-0.4, -0.2) is 34.1 Å². The van der Waals surface area contributed by atoms with Gasteiger partial charge in [-0.15, -0.1) is 0 Å². The first kappa shape index (κ1) is 19.2. The minimum absolute atomic E-state index is 0. The number of rotatable bonds is 6. The van der Waals surface area contributed by atoms with Crippen molar-refractivity contribution in [2.45, 2.75) is 17.5 Å². The van der Waals surface area contributed by atoms with Crippen LogP contribution >= 0.6 is 23.4 Å². The summed E-state index contributed by atoms with van der Waals surface area (Å²) >= 11 is 7.46. The van der Waals surface area contributed by atoms with Crippen molar-refractivity contribution in [1.82, 2.24) is 15.0 Å². The number of ether oxygens (including phenoxy) is 2. The Bertz CT molecular complexity index is 863. The van der Waals surface area contributed by atoms with Gasteiger partial charge in [-0.05, 0) is 18.2 Å². The summed E-state index contributed by atoms with van der Waals surface area (Å²) in [6.45, 7) is -2.86. The largest absolute Gasteiger partial charge is 0.493 e. The number of pyridine rings is 1. The molecule has 0 bridgehead atoms. The Morgan fingerprint density at radius 1 is 1.32 bits per heavy atom. The number of aromatic nitrogens is 3. The fourth-order valence-electron chi connectivity index (χ4n) is 2.13. The molecule has 0 radical (unpaired) electrons. The van der Waals surface area contributed by atoms with Crippen LogP contribution in [0.15, 0.2) is 35.6 Å². The van der Waals surface area contributed by atoms with Gasteiger partial charge >= 0.3 is 6.61 Å². The van der Waals surface area contributed by atoms with Crippen LogP contribution in [0.1, 0.15) is 5.69 Å². The topological polar surface area (TPSA) is 91.5 Å². The molecule has 0 atom stereocenters. The van der Waals surface area contributed by atoms with Crippen molar-refractivity contribution in [2.24, 2.45) is 0 Å². The summed E-state index contributed by atoms with van der Waals surface area (Å²) in [6.07, 6.45) is 1.60. The molecule has 0 aliphatic rings. The number of alkyl halides is 2. The summed E-state index contributed by atoms with van der Waals surface area (Å²) in [5.74, 6) is 1.09. The number of imidazole rings is 1. The molecule has 0 aliphatic heterocycles. The molecule has 2 aromatic heterocycles. The van der Waals surface area contributed by atoms with E-state index in [0.717, 1.165) is 0 Å². The van der Waals surface area contributed by atoms with Crippen LogP contribution < -0.4 is 9.47 Å². The number of nitrogens with zero attached hydrogens (tertiary/aromatic N) is 2. The van der Waals surface area contributed by atoms with Crippen molar-refractivity contribution in [3.63, 3.8) is 0 Å². The van der Waals surface area contributed by atoms with Crippen LogP contribution in [0, 0.1) is 0 Å². The molecule has 3 rings (SSSR count). The highest BCUT2D eigenvalue weighted by Gasteiger charge is 2.12. The second-order valence-electron chi connectivity index (χ2n) is 4.66. The van der Waals surface area contributed by atoms with E-state index in [2.05, 4.69) is 19.7 Å². The minimum Gasteiger partial charge on any atom is -0.493 e. The van der Waals surface area contributed by atoms with Gasteiger partial charge < -0.3 is 19.9 Å². The predicted octanol–water partition coefficient (Wildman–Crippen LogP) is 3.69. The Balaban J connectivity index is 0.00000225. The van der Waals surface area contributed by atoms with Gasteiger partial charge in [0.15, 0.2) is 10.9 Å². The third-order valence-corrected chi connectivity index (χ3v) is 4.32. The van der Waals surface area contributed by atoms with Gasteiger partial charge in [-0.2, -0.15) is 8.78 Å². The van der Waals surface area contributed by atoms with Gasteiger partial charge in [0.25, 0.3) is 0 Å². The third kappa shape index (κ3) is 4.50. The van der Waals surface area contributed by atoms with Crippen LogP contribution in [0.5, 0.6) is 11.5 Å². The number of hydrogen-bond donors (Lipinski definition) is 1. The maximum atomic E-state index is 12.3.